The van der Waals surface area contributed by atoms with Gasteiger partial charge in [-0.3, -0.25) is 9.78 Å². The average molecular weight is 262 g/mol. The fourth-order valence-electron chi connectivity index (χ4n) is 1.68. The summed E-state index contributed by atoms with van der Waals surface area (Å²) in [5, 5.41) is 8.56. The van der Waals surface area contributed by atoms with Crippen LogP contribution in [0.5, 0.6) is 0 Å². The molecular weight excluding hydrogens is 244 g/mol. The van der Waals surface area contributed by atoms with E-state index in [1.54, 1.807) is 18.0 Å². The van der Waals surface area contributed by atoms with Gasteiger partial charge in [-0.25, -0.2) is 4.79 Å². The molecule has 0 radical (unpaired) electrons. The molecule has 19 heavy (non-hydrogen) atoms. The SMILES string of the molecule is CC(C)CN(C)C(=O)c1cncc(C=CC(=O)O)c1. The van der Waals surface area contributed by atoms with E-state index in [0.717, 1.165) is 6.08 Å². The number of aliphatic carboxylic acids is 1. The third-order valence-electron chi connectivity index (χ3n) is 2.41. The van der Waals surface area contributed by atoms with Gasteiger partial charge in [-0.15, -0.1) is 0 Å². The lowest BCUT2D eigenvalue weighted by molar-refractivity contribution is -0.131. The second kappa shape index (κ2) is 6.68. The molecule has 0 aliphatic rings. The highest BCUT2D eigenvalue weighted by Gasteiger charge is 2.13. The highest BCUT2D eigenvalue weighted by molar-refractivity contribution is 5.94. The van der Waals surface area contributed by atoms with Crippen LogP contribution in [0.1, 0.15) is 29.8 Å². The van der Waals surface area contributed by atoms with Crippen LogP contribution >= 0.6 is 0 Å². The molecule has 0 unspecified atom stereocenters. The van der Waals surface area contributed by atoms with Gasteiger partial charge in [0.2, 0.25) is 0 Å². The van der Waals surface area contributed by atoms with Crippen LogP contribution in [0.2, 0.25) is 0 Å². The first-order valence-corrected chi connectivity index (χ1v) is 6.01. The Morgan fingerprint density at radius 2 is 2.11 bits per heavy atom. The normalized spacial score (nSPS) is 10.9. The molecule has 1 aromatic heterocycles. The van der Waals surface area contributed by atoms with Crippen molar-refractivity contribution >= 4 is 18.0 Å². The van der Waals surface area contributed by atoms with E-state index in [1.165, 1.54) is 18.5 Å². The van der Waals surface area contributed by atoms with Crippen LogP contribution in [-0.4, -0.2) is 40.5 Å². The van der Waals surface area contributed by atoms with Crippen LogP contribution in [0.4, 0.5) is 0 Å². The Kier molecular flexibility index (Phi) is 5.23. The third-order valence-corrected chi connectivity index (χ3v) is 2.41. The molecule has 0 aliphatic carbocycles. The number of hydrogen-bond donors (Lipinski definition) is 1. The van der Waals surface area contributed by atoms with Gasteiger partial charge in [0.05, 0.1) is 5.56 Å². The van der Waals surface area contributed by atoms with Crippen LogP contribution in [0.15, 0.2) is 24.5 Å². The van der Waals surface area contributed by atoms with Gasteiger partial charge in [0.1, 0.15) is 0 Å². The summed E-state index contributed by atoms with van der Waals surface area (Å²) < 4.78 is 0. The predicted octanol–water partition coefficient (Wildman–Crippen LogP) is 1.91. The zero-order valence-electron chi connectivity index (χ0n) is 11.3. The summed E-state index contributed by atoms with van der Waals surface area (Å²) in [6, 6.07) is 1.63. The van der Waals surface area contributed by atoms with Crippen LogP contribution < -0.4 is 0 Å². The van der Waals surface area contributed by atoms with Crippen molar-refractivity contribution in [1.29, 1.82) is 0 Å². The Bertz CT molecular complexity index is 495. The molecule has 1 heterocycles. The summed E-state index contributed by atoms with van der Waals surface area (Å²) in [4.78, 5) is 28.1. The second-order valence-corrected chi connectivity index (χ2v) is 4.76. The molecule has 0 spiro atoms. The molecule has 0 bridgehead atoms. The summed E-state index contributed by atoms with van der Waals surface area (Å²) in [6.45, 7) is 4.73. The summed E-state index contributed by atoms with van der Waals surface area (Å²) in [6.07, 6.45) is 5.42. The zero-order valence-corrected chi connectivity index (χ0v) is 11.3. The van der Waals surface area contributed by atoms with Crippen LogP contribution in [0.3, 0.4) is 0 Å². The minimum absolute atomic E-state index is 0.119. The van der Waals surface area contributed by atoms with Gasteiger partial charge >= 0.3 is 5.97 Å². The third kappa shape index (κ3) is 4.91. The van der Waals surface area contributed by atoms with Crippen LogP contribution in [0, 0.1) is 5.92 Å². The Labute approximate surface area is 112 Å². The summed E-state index contributed by atoms with van der Waals surface area (Å²) in [5.74, 6) is -0.766. The van der Waals surface area contributed by atoms with Crippen molar-refractivity contribution in [3.8, 4) is 0 Å². The smallest absolute Gasteiger partial charge is 0.328 e. The van der Waals surface area contributed by atoms with E-state index < -0.39 is 5.97 Å². The van der Waals surface area contributed by atoms with Crippen molar-refractivity contribution in [3.63, 3.8) is 0 Å². The number of carboxylic acids is 1. The van der Waals surface area contributed by atoms with Crippen molar-refractivity contribution < 1.29 is 14.7 Å². The van der Waals surface area contributed by atoms with Crippen molar-refractivity contribution in [2.45, 2.75) is 13.8 Å². The maximum absolute atomic E-state index is 12.1. The standard InChI is InChI=1S/C14H18N2O3/c1-10(2)9-16(3)14(19)12-6-11(7-15-8-12)4-5-13(17)18/h4-8,10H,9H2,1-3H3,(H,17,18). The molecule has 0 aromatic carbocycles. The molecule has 5 heteroatoms. The lowest BCUT2D eigenvalue weighted by atomic mass is 10.1. The van der Waals surface area contributed by atoms with E-state index in [1.807, 2.05) is 13.8 Å². The quantitative estimate of drug-likeness (QED) is 0.823. The first-order valence-electron chi connectivity index (χ1n) is 6.01. The highest BCUT2D eigenvalue weighted by Crippen LogP contribution is 2.08. The first-order chi connectivity index (χ1) is 8.90. The molecular formula is C14H18N2O3. The van der Waals surface area contributed by atoms with Gasteiger partial charge in [-0.1, -0.05) is 13.8 Å². The van der Waals surface area contributed by atoms with E-state index in [4.69, 9.17) is 5.11 Å². The monoisotopic (exact) mass is 262 g/mol. The van der Waals surface area contributed by atoms with Crippen LogP contribution in [-0.2, 0) is 4.79 Å². The Hall–Kier alpha value is -2.17. The highest BCUT2D eigenvalue weighted by atomic mass is 16.4. The molecule has 1 rings (SSSR count). The number of carbonyl (C=O) groups excluding carboxylic acids is 1. The maximum atomic E-state index is 12.1. The fraction of sp³-hybridized carbons (Fsp3) is 0.357. The van der Waals surface area contributed by atoms with Gasteiger partial charge in [0, 0.05) is 32.1 Å². The topological polar surface area (TPSA) is 70.5 Å². The fourth-order valence-corrected chi connectivity index (χ4v) is 1.68. The second-order valence-electron chi connectivity index (χ2n) is 4.76. The van der Waals surface area contributed by atoms with E-state index in [2.05, 4.69) is 4.98 Å². The Morgan fingerprint density at radius 3 is 2.68 bits per heavy atom. The van der Waals surface area contributed by atoms with Gasteiger partial charge in [-0.2, -0.15) is 0 Å². The maximum Gasteiger partial charge on any atom is 0.328 e. The van der Waals surface area contributed by atoms with E-state index in [0.29, 0.717) is 23.6 Å². The zero-order chi connectivity index (χ0) is 14.4. The lowest BCUT2D eigenvalue weighted by Gasteiger charge is -2.19. The molecule has 0 fully saturated rings. The number of aromatic nitrogens is 1. The predicted molar refractivity (Wildman–Crippen MR) is 72.7 cm³/mol. The average Bonchev–Trinajstić information content (AvgIpc) is 2.35. The summed E-state index contributed by atoms with van der Waals surface area (Å²) in [7, 11) is 1.74. The minimum Gasteiger partial charge on any atom is -0.478 e. The van der Waals surface area contributed by atoms with Crippen molar-refractivity contribution in [2.24, 2.45) is 5.92 Å². The first kappa shape index (κ1) is 14.9. The van der Waals surface area contributed by atoms with Gasteiger partial charge < -0.3 is 10.0 Å². The Morgan fingerprint density at radius 1 is 1.42 bits per heavy atom. The molecule has 5 nitrogen and oxygen atoms in total. The molecule has 0 aliphatic heterocycles. The van der Waals surface area contributed by atoms with E-state index >= 15 is 0 Å². The number of carboxylic acid groups (broad SMARTS) is 1. The summed E-state index contributed by atoms with van der Waals surface area (Å²) >= 11 is 0. The molecule has 1 aromatic rings. The van der Waals surface area contributed by atoms with Crippen molar-refractivity contribution in [2.75, 3.05) is 13.6 Å². The summed E-state index contributed by atoms with van der Waals surface area (Å²) in [5.41, 5.74) is 1.04. The van der Waals surface area contributed by atoms with E-state index in [-0.39, 0.29) is 5.91 Å². The van der Waals surface area contributed by atoms with E-state index in [9.17, 15) is 9.59 Å². The van der Waals surface area contributed by atoms with Gasteiger partial charge in [0.25, 0.3) is 5.91 Å². The molecule has 0 atom stereocenters. The Balaban J connectivity index is 2.86. The van der Waals surface area contributed by atoms with Crippen molar-refractivity contribution in [1.82, 2.24) is 9.88 Å². The molecule has 0 saturated carbocycles. The number of pyridine rings is 1. The number of nitrogens with zero attached hydrogens (tertiary/aromatic N) is 2. The number of amides is 1. The van der Waals surface area contributed by atoms with Crippen molar-refractivity contribution in [3.05, 3.63) is 35.7 Å². The minimum atomic E-state index is -1.03. The molecule has 1 amide bonds. The molecule has 1 N–H and O–H groups in total. The number of carbonyl (C=O) groups is 2. The van der Waals surface area contributed by atoms with Gasteiger partial charge in [0.15, 0.2) is 0 Å². The number of hydrogen-bond acceptors (Lipinski definition) is 3. The molecule has 0 saturated heterocycles. The molecule has 102 valence electrons. The van der Waals surface area contributed by atoms with Gasteiger partial charge in [-0.05, 0) is 23.6 Å². The largest absolute Gasteiger partial charge is 0.478 e. The number of rotatable bonds is 5. The van der Waals surface area contributed by atoms with Crippen LogP contribution in [0.25, 0.3) is 6.08 Å². The lowest BCUT2D eigenvalue weighted by Crippen LogP contribution is -2.30.